The summed E-state index contributed by atoms with van der Waals surface area (Å²) in [5, 5.41) is 15.7. The summed E-state index contributed by atoms with van der Waals surface area (Å²) in [6.45, 7) is 1.38. The van der Waals surface area contributed by atoms with E-state index in [9.17, 15) is 19.5 Å². The monoisotopic (exact) mass is 421 g/mol. The molecule has 3 saturated heterocycles. The van der Waals surface area contributed by atoms with Gasteiger partial charge in [0.25, 0.3) is 0 Å². The maximum atomic E-state index is 13.4. The SMILES string of the molecule is CNC(=O)[C@@H]1[C@@H]2CCC3(O2)C(C(=O)Nc2ccc(Cl)cc2)N([C@H](C)CO)C(=O)[C@H]13. The maximum Gasteiger partial charge on any atom is 0.250 e. The molecule has 1 spiro atoms. The van der Waals surface area contributed by atoms with Crippen LogP contribution in [0.5, 0.6) is 0 Å². The van der Waals surface area contributed by atoms with Crippen LogP contribution >= 0.6 is 11.6 Å². The van der Waals surface area contributed by atoms with Gasteiger partial charge in [-0.15, -0.1) is 0 Å². The van der Waals surface area contributed by atoms with Crippen LogP contribution in [0, 0.1) is 11.8 Å². The fourth-order valence-corrected chi connectivity index (χ4v) is 5.29. The van der Waals surface area contributed by atoms with E-state index in [1.165, 1.54) is 11.9 Å². The van der Waals surface area contributed by atoms with Gasteiger partial charge in [0.2, 0.25) is 17.7 Å². The van der Waals surface area contributed by atoms with E-state index in [0.29, 0.717) is 23.6 Å². The first-order chi connectivity index (χ1) is 13.8. The van der Waals surface area contributed by atoms with E-state index in [4.69, 9.17) is 16.3 Å². The molecule has 29 heavy (non-hydrogen) atoms. The van der Waals surface area contributed by atoms with Crippen LogP contribution < -0.4 is 10.6 Å². The van der Waals surface area contributed by atoms with Crippen LogP contribution in [0.25, 0.3) is 0 Å². The van der Waals surface area contributed by atoms with Gasteiger partial charge in [0.05, 0.1) is 30.6 Å². The van der Waals surface area contributed by atoms with Gasteiger partial charge in [0.1, 0.15) is 11.6 Å². The smallest absolute Gasteiger partial charge is 0.250 e. The molecule has 0 saturated carbocycles. The number of fused-ring (bicyclic) bond motifs is 1. The van der Waals surface area contributed by atoms with Gasteiger partial charge in [-0.2, -0.15) is 0 Å². The largest absolute Gasteiger partial charge is 0.394 e. The first-order valence-electron chi connectivity index (χ1n) is 9.73. The van der Waals surface area contributed by atoms with Gasteiger partial charge >= 0.3 is 0 Å². The molecule has 2 unspecified atom stereocenters. The summed E-state index contributed by atoms with van der Waals surface area (Å²) >= 11 is 5.91. The first-order valence-corrected chi connectivity index (χ1v) is 10.1. The average molecular weight is 422 g/mol. The van der Waals surface area contributed by atoms with E-state index in [1.54, 1.807) is 31.2 Å². The molecule has 2 bridgehead atoms. The third-order valence-corrected chi connectivity index (χ3v) is 6.64. The van der Waals surface area contributed by atoms with Crippen molar-refractivity contribution in [3.63, 3.8) is 0 Å². The van der Waals surface area contributed by atoms with Crippen molar-refractivity contribution in [3.8, 4) is 0 Å². The third-order valence-electron chi connectivity index (χ3n) is 6.39. The van der Waals surface area contributed by atoms with E-state index in [2.05, 4.69) is 10.6 Å². The number of nitrogens with one attached hydrogen (secondary N) is 2. The van der Waals surface area contributed by atoms with Crippen molar-refractivity contribution >= 4 is 35.0 Å². The lowest BCUT2D eigenvalue weighted by Crippen LogP contribution is -2.55. The van der Waals surface area contributed by atoms with Gasteiger partial charge in [-0.1, -0.05) is 11.6 Å². The quantitative estimate of drug-likeness (QED) is 0.651. The molecular formula is C20H24ClN3O5. The molecule has 4 rings (SSSR count). The van der Waals surface area contributed by atoms with Gasteiger partial charge < -0.3 is 25.4 Å². The number of carbonyl (C=O) groups excluding carboxylic acids is 3. The highest BCUT2D eigenvalue weighted by molar-refractivity contribution is 6.30. The van der Waals surface area contributed by atoms with Crippen LogP contribution in [0.1, 0.15) is 19.8 Å². The summed E-state index contributed by atoms with van der Waals surface area (Å²) in [6.07, 6.45) is 0.726. The molecule has 3 aliphatic heterocycles. The fourth-order valence-electron chi connectivity index (χ4n) is 5.16. The number of aliphatic hydroxyl groups is 1. The second-order valence-corrected chi connectivity index (χ2v) is 8.38. The number of halogens is 1. The standard InChI is InChI=1S/C20H24ClN3O5/c1-10(9-25)24-16(18(27)23-12-5-3-11(21)4-6-12)20-8-7-13(29-20)14(17(26)22-2)15(20)19(24)28/h3-6,10,13-16,25H,7-9H2,1-2H3,(H,22,26)(H,23,27)/t10-,13+,14-,15+,16?,20?/m1/s1. The van der Waals surface area contributed by atoms with E-state index in [-0.39, 0.29) is 24.5 Å². The minimum Gasteiger partial charge on any atom is -0.394 e. The number of hydrogen-bond acceptors (Lipinski definition) is 5. The normalized spacial score (nSPS) is 33.5. The molecule has 3 fully saturated rings. The minimum absolute atomic E-state index is 0.259. The average Bonchev–Trinajstić information content (AvgIpc) is 3.35. The maximum absolute atomic E-state index is 13.4. The van der Waals surface area contributed by atoms with Crippen LogP contribution in [-0.2, 0) is 19.1 Å². The lowest BCUT2D eigenvalue weighted by atomic mass is 9.70. The predicted octanol–water partition coefficient (Wildman–Crippen LogP) is 0.780. The van der Waals surface area contributed by atoms with Crippen LogP contribution in [0.4, 0.5) is 5.69 Å². The number of anilines is 1. The summed E-state index contributed by atoms with van der Waals surface area (Å²) in [6, 6.07) is 5.14. The van der Waals surface area contributed by atoms with Crippen molar-refractivity contribution in [2.45, 2.75) is 43.6 Å². The van der Waals surface area contributed by atoms with Crippen molar-refractivity contribution in [3.05, 3.63) is 29.3 Å². The Kier molecular flexibility index (Phi) is 5.04. The number of likely N-dealkylation sites (tertiary alicyclic amines) is 1. The number of rotatable bonds is 5. The number of amides is 3. The van der Waals surface area contributed by atoms with E-state index in [0.717, 1.165) is 0 Å². The molecule has 8 nitrogen and oxygen atoms in total. The van der Waals surface area contributed by atoms with E-state index >= 15 is 0 Å². The molecule has 3 aliphatic rings. The molecule has 0 radical (unpaired) electrons. The first kappa shape index (κ1) is 20.1. The topological polar surface area (TPSA) is 108 Å². The van der Waals surface area contributed by atoms with Gasteiger partial charge in [-0.3, -0.25) is 14.4 Å². The molecule has 0 aromatic heterocycles. The summed E-state index contributed by atoms with van der Waals surface area (Å²) < 4.78 is 6.22. The van der Waals surface area contributed by atoms with Crippen LogP contribution in [0.3, 0.4) is 0 Å². The number of hydrogen-bond donors (Lipinski definition) is 3. The second kappa shape index (κ2) is 7.27. The number of benzene rings is 1. The zero-order chi connectivity index (χ0) is 20.9. The number of aliphatic hydroxyl groups excluding tert-OH is 1. The lowest BCUT2D eigenvalue weighted by molar-refractivity contribution is -0.143. The highest BCUT2D eigenvalue weighted by atomic mass is 35.5. The summed E-state index contributed by atoms with van der Waals surface area (Å²) in [7, 11) is 1.53. The van der Waals surface area contributed by atoms with Crippen LogP contribution in [-0.4, -0.2) is 65.2 Å². The van der Waals surface area contributed by atoms with Gasteiger partial charge in [-0.25, -0.2) is 0 Å². The molecule has 9 heteroatoms. The number of carbonyl (C=O) groups is 3. The highest BCUT2D eigenvalue weighted by Crippen LogP contribution is 2.58. The second-order valence-electron chi connectivity index (χ2n) is 7.94. The zero-order valence-electron chi connectivity index (χ0n) is 16.2. The Balaban J connectivity index is 1.72. The Labute approximate surface area is 173 Å². The Hall–Kier alpha value is -2.16. The number of ether oxygens (including phenoxy) is 1. The van der Waals surface area contributed by atoms with Gasteiger partial charge in [0, 0.05) is 17.8 Å². The predicted molar refractivity (Wildman–Crippen MR) is 105 cm³/mol. The lowest BCUT2D eigenvalue weighted by Gasteiger charge is -2.35. The van der Waals surface area contributed by atoms with Gasteiger partial charge in [0.15, 0.2) is 0 Å². The van der Waals surface area contributed by atoms with Crippen molar-refractivity contribution in [1.29, 1.82) is 0 Å². The molecule has 1 aromatic rings. The highest BCUT2D eigenvalue weighted by Gasteiger charge is 2.74. The third kappa shape index (κ3) is 2.93. The summed E-state index contributed by atoms with van der Waals surface area (Å²) in [5.74, 6) is -2.36. The molecule has 1 aromatic carbocycles. The van der Waals surface area contributed by atoms with Crippen molar-refractivity contribution in [2.24, 2.45) is 11.8 Å². The Bertz CT molecular complexity index is 847. The van der Waals surface area contributed by atoms with Crippen molar-refractivity contribution in [2.75, 3.05) is 19.0 Å². The molecule has 156 valence electrons. The summed E-state index contributed by atoms with van der Waals surface area (Å²) in [4.78, 5) is 40.6. The van der Waals surface area contributed by atoms with Crippen molar-refractivity contribution in [1.82, 2.24) is 10.2 Å². The molecular weight excluding hydrogens is 398 g/mol. The summed E-state index contributed by atoms with van der Waals surface area (Å²) in [5.41, 5.74) is -0.530. The Morgan fingerprint density at radius 1 is 1.34 bits per heavy atom. The Morgan fingerprint density at radius 2 is 2.03 bits per heavy atom. The molecule has 3 heterocycles. The molecule has 6 atom stereocenters. The minimum atomic E-state index is -1.07. The fraction of sp³-hybridized carbons (Fsp3) is 0.550. The van der Waals surface area contributed by atoms with E-state index in [1.807, 2.05) is 0 Å². The van der Waals surface area contributed by atoms with Crippen LogP contribution in [0.2, 0.25) is 5.02 Å². The Morgan fingerprint density at radius 3 is 2.66 bits per heavy atom. The zero-order valence-corrected chi connectivity index (χ0v) is 17.0. The number of nitrogens with zero attached hydrogens (tertiary/aromatic N) is 1. The van der Waals surface area contributed by atoms with E-state index < -0.39 is 35.4 Å². The van der Waals surface area contributed by atoms with Crippen molar-refractivity contribution < 1.29 is 24.2 Å². The molecule has 3 amide bonds. The molecule has 0 aliphatic carbocycles. The molecule has 3 N–H and O–H groups in total. The van der Waals surface area contributed by atoms with Gasteiger partial charge in [-0.05, 0) is 44.0 Å². The van der Waals surface area contributed by atoms with Crippen LogP contribution in [0.15, 0.2) is 24.3 Å².